The van der Waals surface area contributed by atoms with Crippen LogP contribution >= 0.6 is 22.6 Å². The molecule has 82 valence electrons. The minimum atomic E-state index is 0.291. The van der Waals surface area contributed by atoms with E-state index in [1.165, 1.54) is 14.7 Å². The molecule has 1 N–H and O–H groups in total. The molecule has 3 rings (SSSR count). The molecule has 1 aliphatic heterocycles. The quantitative estimate of drug-likeness (QED) is 0.815. The van der Waals surface area contributed by atoms with Crippen molar-refractivity contribution in [3.8, 4) is 0 Å². The van der Waals surface area contributed by atoms with E-state index in [-0.39, 0.29) is 0 Å². The third-order valence-corrected chi connectivity index (χ3v) is 3.71. The number of nitrogens with one attached hydrogen (secondary N) is 1. The van der Waals surface area contributed by atoms with E-state index in [9.17, 15) is 0 Å². The Labute approximate surface area is 108 Å². The second kappa shape index (κ2) is 4.22. The topological polar surface area (TPSA) is 25.2 Å². The fraction of sp³-hybridized carbons (Fsp3) is 0.231. The Morgan fingerprint density at radius 3 is 2.81 bits per heavy atom. The molecule has 1 aliphatic rings. The normalized spacial score (nSPS) is 19.4. The maximum atomic E-state index is 5.49. The predicted octanol–water partition coefficient (Wildman–Crippen LogP) is 3.12. The summed E-state index contributed by atoms with van der Waals surface area (Å²) in [4.78, 5) is 0. The Hall–Kier alpha value is -0.810. The first-order valence-corrected chi connectivity index (χ1v) is 6.47. The lowest BCUT2D eigenvalue weighted by Gasteiger charge is -2.23. The Morgan fingerprint density at radius 1 is 1.19 bits per heavy atom. The lowest BCUT2D eigenvalue weighted by atomic mass is 9.95. The average Bonchev–Trinajstić information content (AvgIpc) is 2.78. The van der Waals surface area contributed by atoms with Gasteiger partial charge in [0.15, 0.2) is 0 Å². The molecule has 2 aromatic rings. The minimum absolute atomic E-state index is 0.291. The number of halogens is 1. The van der Waals surface area contributed by atoms with Crippen LogP contribution in [0.15, 0.2) is 41.0 Å². The maximum absolute atomic E-state index is 5.49. The van der Waals surface area contributed by atoms with Gasteiger partial charge in [0.25, 0.3) is 0 Å². The second-order valence-electron chi connectivity index (χ2n) is 3.99. The fourth-order valence-corrected chi connectivity index (χ4v) is 2.56. The van der Waals surface area contributed by atoms with Crippen molar-refractivity contribution >= 4 is 22.6 Å². The zero-order valence-corrected chi connectivity index (χ0v) is 10.9. The zero-order valence-electron chi connectivity index (χ0n) is 8.74. The molecule has 0 radical (unpaired) electrons. The molecule has 2 nitrogen and oxygen atoms in total. The molecule has 3 heteroatoms. The van der Waals surface area contributed by atoms with Crippen LogP contribution in [0.3, 0.4) is 0 Å². The van der Waals surface area contributed by atoms with E-state index in [1.54, 1.807) is 6.26 Å². The van der Waals surface area contributed by atoms with Gasteiger partial charge in [-0.25, -0.2) is 0 Å². The summed E-state index contributed by atoms with van der Waals surface area (Å²) in [6.07, 6.45) is 2.78. The van der Waals surface area contributed by atoms with Crippen molar-refractivity contribution < 1.29 is 4.42 Å². The molecule has 1 aromatic heterocycles. The smallest absolute Gasteiger partial charge is 0.110 e. The Morgan fingerprint density at radius 2 is 2.00 bits per heavy atom. The van der Waals surface area contributed by atoms with E-state index in [0.29, 0.717) is 6.04 Å². The summed E-state index contributed by atoms with van der Waals surface area (Å²) in [5, 5.41) is 3.53. The van der Waals surface area contributed by atoms with E-state index in [4.69, 9.17) is 4.42 Å². The SMILES string of the molecule is Ic1ccc(C2NCCc3occc32)cc1. The van der Waals surface area contributed by atoms with Crippen LogP contribution in [-0.4, -0.2) is 6.54 Å². The highest BCUT2D eigenvalue weighted by molar-refractivity contribution is 14.1. The number of hydrogen-bond donors (Lipinski definition) is 1. The monoisotopic (exact) mass is 325 g/mol. The van der Waals surface area contributed by atoms with Crippen molar-refractivity contribution in [2.45, 2.75) is 12.5 Å². The first-order chi connectivity index (χ1) is 7.84. The second-order valence-corrected chi connectivity index (χ2v) is 5.23. The molecule has 16 heavy (non-hydrogen) atoms. The van der Waals surface area contributed by atoms with E-state index >= 15 is 0 Å². The Kier molecular flexibility index (Phi) is 2.73. The van der Waals surface area contributed by atoms with Gasteiger partial charge >= 0.3 is 0 Å². The molecule has 0 amide bonds. The van der Waals surface area contributed by atoms with Crippen LogP contribution < -0.4 is 5.32 Å². The standard InChI is InChI=1S/C13H12INO/c14-10-3-1-9(2-4-10)13-11-6-8-16-12(11)5-7-15-13/h1-4,6,8,13,15H,5,7H2. The van der Waals surface area contributed by atoms with Crippen molar-refractivity contribution in [2.75, 3.05) is 6.54 Å². The molecule has 1 aromatic carbocycles. The number of fused-ring (bicyclic) bond motifs is 1. The number of hydrogen-bond acceptors (Lipinski definition) is 2. The molecule has 1 atom stereocenters. The van der Waals surface area contributed by atoms with Gasteiger partial charge in [-0.05, 0) is 46.4 Å². The molecule has 1 unspecified atom stereocenters. The minimum Gasteiger partial charge on any atom is -0.469 e. The molecular formula is C13H12INO. The van der Waals surface area contributed by atoms with Crippen LogP contribution in [0.1, 0.15) is 22.9 Å². The molecular weight excluding hydrogens is 313 g/mol. The van der Waals surface area contributed by atoms with Crippen LogP contribution in [0.5, 0.6) is 0 Å². The summed E-state index contributed by atoms with van der Waals surface area (Å²) in [7, 11) is 0. The molecule has 0 saturated carbocycles. The van der Waals surface area contributed by atoms with Gasteiger partial charge in [0.1, 0.15) is 5.76 Å². The number of rotatable bonds is 1. The van der Waals surface area contributed by atoms with Crippen molar-refractivity contribution in [3.05, 3.63) is 57.1 Å². The molecule has 0 aliphatic carbocycles. The molecule has 0 saturated heterocycles. The highest BCUT2D eigenvalue weighted by atomic mass is 127. The van der Waals surface area contributed by atoms with E-state index in [0.717, 1.165) is 18.7 Å². The van der Waals surface area contributed by atoms with Crippen molar-refractivity contribution in [1.29, 1.82) is 0 Å². The highest BCUT2D eigenvalue weighted by Crippen LogP contribution is 2.29. The molecule has 2 heterocycles. The van der Waals surface area contributed by atoms with Gasteiger partial charge in [0.2, 0.25) is 0 Å². The van der Waals surface area contributed by atoms with Crippen molar-refractivity contribution in [3.63, 3.8) is 0 Å². The number of furan rings is 1. The zero-order chi connectivity index (χ0) is 11.0. The van der Waals surface area contributed by atoms with Crippen molar-refractivity contribution in [2.24, 2.45) is 0 Å². The molecule has 0 spiro atoms. The van der Waals surface area contributed by atoms with Gasteiger partial charge in [0.05, 0.1) is 12.3 Å². The summed E-state index contributed by atoms with van der Waals surface area (Å²) >= 11 is 2.33. The maximum Gasteiger partial charge on any atom is 0.110 e. The van der Waals surface area contributed by atoms with Crippen LogP contribution in [0.25, 0.3) is 0 Å². The van der Waals surface area contributed by atoms with Crippen LogP contribution in [0, 0.1) is 3.57 Å². The summed E-state index contributed by atoms with van der Waals surface area (Å²) in [6.45, 7) is 0.983. The third kappa shape index (κ3) is 1.78. The summed E-state index contributed by atoms with van der Waals surface area (Å²) in [5.74, 6) is 1.13. The van der Waals surface area contributed by atoms with Crippen LogP contribution in [-0.2, 0) is 6.42 Å². The van der Waals surface area contributed by atoms with Gasteiger partial charge in [0, 0.05) is 22.1 Å². The van der Waals surface area contributed by atoms with Crippen LogP contribution in [0.4, 0.5) is 0 Å². The molecule has 0 bridgehead atoms. The summed E-state index contributed by atoms with van der Waals surface area (Å²) in [6, 6.07) is 11.0. The average molecular weight is 325 g/mol. The lowest BCUT2D eigenvalue weighted by Crippen LogP contribution is -2.29. The predicted molar refractivity (Wildman–Crippen MR) is 71.4 cm³/mol. The van der Waals surface area contributed by atoms with Crippen LogP contribution in [0.2, 0.25) is 0 Å². The van der Waals surface area contributed by atoms with E-state index in [1.807, 2.05) is 0 Å². The Bertz CT molecular complexity index is 489. The van der Waals surface area contributed by atoms with Gasteiger partial charge in [-0.1, -0.05) is 12.1 Å². The summed E-state index contributed by atoms with van der Waals surface area (Å²) in [5.41, 5.74) is 2.59. The fourth-order valence-electron chi connectivity index (χ4n) is 2.20. The summed E-state index contributed by atoms with van der Waals surface area (Å²) < 4.78 is 6.76. The van der Waals surface area contributed by atoms with E-state index in [2.05, 4.69) is 58.2 Å². The lowest BCUT2D eigenvalue weighted by molar-refractivity contribution is 0.456. The number of benzene rings is 1. The van der Waals surface area contributed by atoms with Crippen molar-refractivity contribution in [1.82, 2.24) is 5.32 Å². The van der Waals surface area contributed by atoms with Gasteiger partial charge in [-0.2, -0.15) is 0 Å². The van der Waals surface area contributed by atoms with E-state index < -0.39 is 0 Å². The Balaban J connectivity index is 2.00. The molecule has 0 fully saturated rings. The van der Waals surface area contributed by atoms with Gasteiger partial charge < -0.3 is 9.73 Å². The third-order valence-electron chi connectivity index (χ3n) is 2.99. The first kappa shape index (κ1) is 10.4. The van der Waals surface area contributed by atoms with Gasteiger partial charge in [-0.3, -0.25) is 0 Å². The largest absolute Gasteiger partial charge is 0.469 e. The highest BCUT2D eigenvalue weighted by Gasteiger charge is 2.23. The van der Waals surface area contributed by atoms with Gasteiger partial charge in [-0.15, -0.1) is 0 Å². The first-order valence-electron chi connectivity index (χ1n) is 5.40.